The molecule has 0 spiro atoms. The minimum Gasteiger partial charge on any atom is -0.507 e. The molecule has 0 unspecified atom stereocenters. The Balaban J connectivity index is 3.17. The summed E-state index contributed by atoms with van der Waals surface area (Å²) in [7, 11) is 2.47. The van der Waals surface area contributed by atoms with Gasteiger partial charge >= 0.3 is 5.97 Å². The molecule has 0 radical (unpaired) electrons. The summed E-state index contributed by atoms with van der Waals surface area (Å²) in [5.41, 5.74) is 0.102. The van der Waals surface area contributed by atoms with Crippen LogP contribution in [0.1, 0.15) is 5.56 Å². The number of ether oxygens (including phenoxy) is 2. The molecule has 1 aromatic rings. The van der Waals surface area contributed by atoms with E-state index >= 15 is 0 Å². The second-order valence-electron chi connectivity index (χ2n) is 3.33. The first-order valence-corrected chi connectivity index (χ1v) is 5.73. The molecule has 0 aliphatic carbocycles. The molecule has 0 heterocycles. The quantitative estimate of drug-likeness (QED) is 0.401. The fraction of sp³-hybridized carbons (Fsp3) is 0.167. The highest BCUT2D eigenvalue weighted by molar-refractivity contribution is 6.44. The van der Waals surface area contributed by atoms with Crippen LogP contribution in [0, 0.1) is 0 Å². The third-order valence-electron chi connectivity index (χ3n) is 2.20. The number of ketones is 1. The van der Waals surface area contributed by atoms with E-state index in [1.807, 2.05) is 0 Å². The van der Waals surface area contributed by atoms with E-state index in [1.54, 1.807) is 0 Å². The number of carbonyl (C=O) groups is 2. The Hall–Kier alpha value is -1.72. The predicted octanol–water partition coefficient (Wildman–Crippen LogP) is 2.64. The maximum Gasteiger partial charge on any atom is 0.378 e. The zero-order valence-electron chi connectivity index (χ0n) is 10.1. The Labute approximate surface area is 119 Å². The summed E-state index contributed by atoms with van der Waals surface area (Å²) < 4.78 is 9.15. The van der Waals surface area contributed by atoms with Crippen LogP contribution in [0.25, 0.3) is 5.76 Å². The van der Waals surface area contributed by atoms with Crippen LogP contribution in [0.2, 0.25) is 10.0 Å². The van der Waals surface area contributed by atoms with E-state index in [0.717, 1.165) is 7.11 Å². The summed E-state index contributed by atoms with van der Waals surface area (Å²) >= 11 is 11.8. The molecule has 19 heavy (non-hydrogen) atoms. The highest BCUT2D eigenvalue weighted by Gasteiger charge is 2.17. The maximum absolute atomic E-state index is 11.3. The summed E-state index contributed by atoms with van der Waals surface area (Å²) in [6.07, 6.45) is 0.704. The van der Waals surface area contributed by atoms with Gasteiger partial charge in [-0.1, -0.05) is 23.2 Å². The van der Waals surface area contributed by atoms with E-state index in [4.69, 9.17) is 27.9 Å². The van der Waals surface area contributed by atoms with Crippen LogP contribution in [0.4, 0.5) is 0 Å². The maximum atomic E-state index is 11.3. The van der Waals surface area contributed by atoms with E-state index in [-0.39, 0.29) is 15.6 Å². The molecule has 0 saturated heterocycles. The van der Waals surface area contributed by atoms with Gasteiger partial charge < -0.3 is 14.6 Å². The smallest absolute Gasteiger partial charge is 0.378 e. The third-order valence-corrected chi connectivity index (χ3v) is 3.06. The fourth-order valence-electron chi connectivity index (χ4n) is 1.25. The van der Waals surface area contributed by atoms with Crippen molar-refractivity contribution < 1.29 is 24.2 Å². The lowest BCUT2D eigenvalue weighted by Gasteiger charge is -2.08. The molecule has 1 rings (SSSR count). The lowest BCUT2D eigenvalue weighted by Crippen LogP contribution is -2.13. The molecule has 5 nitrogen and oxygen atoms in total. The molecule has 0 aliphatic rings. The van der Waals surface area contributed by atoms with Crippen LogP contribution in [-0.2, 0) is 14.3 Å². The number of hydrogen-bond acceptors (Lipinski definition) is 5. The van der Waals surface area contributed by atoms with E-state index in [0.29, 0.717) is 11.8 Å². The highest BCUT2D eigenvalue weighted by atomic mass is 35.5. The normalized spacial score (nSPS) is 11.1. The van der Waals surface area contributed by atoms with Crippen molar-refractivity contribution in [2.75, 3.05) is 14.2 Å². The van der Waals surface area contributed by atoms with Gasteiger partial charge in [0.05, 0.1) is 19.2 Å². The predicted molar refractivity (Wildman–Crippen MR) is 70.6 cm³/mol. The number of esters is 1. The van der Waals surface area contributed by atoms with Crippen LogP contribution in [0.5, 0.6) is 5.75 Å². The summed E-state index contributed by atoms with van der Waals surface area (Å²) in [4.78, 5) is 22.2. The molecule has 0 fully saturated rings. The van der Waals surface area contributed by atoms with Crippen LogP contribution in [0.3, 0.4) is 0 Å². The van der Waals surface area contributed by atoms with Gasteiger partial charge in [0.15, 0.2) is 0 Å². The minimum absolute atomic E-state index is 0.00688. The van der Waals surface area contributed by atoms with Crippen molar-refractivity contribution in [1.82, 2.24) is 0 Å². The Morgan fingerprint density at radius 2 is 1.84 bits per heavy atom. The number of carbonyl (C=O) groups excluding carboxylic acids is 2. The van der Waals surface area contributed by atoms with Gasteiger partial charge in [-0.05, 0) is 12.1 Å². The molecule has 0 bridgehead atoms. The van der Waals surface area contributed by atoms with Crippen LogP contribution in [-0.4, -0.2) is 31.1 Å². The van der Waals surface area contributed by atoms with Crippen LogP contribution >= 0.6 is 23.2 Å². The molecule has 0 atom stereocenters. The van der Waals surface area contributed by atoms with Gasteiger partial charge in [-0.3, -0.25) is 4.79 Å². The van der Waals surface area contributed by atoms with Gasteiger partial charge in [0, 0.05) is 11.6 Å². The van der Waals surface area contributed by atoms with Crippen molar-refractivity contribution in [3.05, 3.63) is 33.8 Å². The average molecular weight is 305 g/mol. The average Bonchev–Trinajstić information content (AvgIpc) is 2.40. The van der Waals surface area contributed by atoms with Crippen molar-refractivity contribution in [1.29, 1.82) is 0 Å². The number of hydrogen-bond donors (Lipinski definition) is 1. The number of benzene rings is 1. The van der Waals surface area contributed by atoms with Gasteiger partial charge in [-0.2, -0.15) is 0 Å². The molecule has 1 aromatic carbocycles. The van der Waals surface area contributed by atoms with Crippen molar-refractivity contribution in [3.8, 4) is 5.75 Å². The molecule has 102 valence electrons. The van der Waals surface area contributed by atoms with Gasteiger partial charge in [0.2, 0.25) is 0 Å². The molecule has 1 N–H and O–H groups in total. The lowest BCUT2D eigenvalue weighted by atomic mass is 10.1. The van der Waals surface area contributed by atoms with Crippen molar-refractivity contribution in [2.45, 2.75) is 0 Å². The van der Waals surface area contributed by atoms with E-state index in [2.05, 4.69) is 4.74 Å². The van der Waals surface area contributed by atoms with Gasteiger partial charge in [-0.25, -0.2) is 4.79 Å². The SMILES string of the molecule is COC(=O)C(=O)/C=C(\O)c1ccc(OC)c(Cl)c1Cl. The summed E-state index contributed by atoms with van der Waals surface area (Å²) in [5, 5.41) is 9.85. The zero-order valence-corrected chi connectivity index (χ0v) is 11.6. The number of methoxy groups -OCH3 is 2. The highest BCUT2D eigenvalue weighted by Crippen LogP contribution is 2.36. The molecule has 0 amide bonds. The Morgan fingerprint density at radius 1 is 1.21 bits per heavy atom. The van der Waals surface area contributed by atoms with Crippen molar-refractivity contribution in [3.63, 3.8) is 0 Å². The van der Waals surface area contributed by atoms with E-state index in [1.165, 1.54) is 19.2 Å². The van der Waals surface area contributed by atoms with Crippen molar-refractivity contribution >= 4 is 40.7 Å². The van der Waals surface area contributed by atoms with Gasteiger partial charge in [-0.15, -0.1) is 0 Å². The number of halogens is 2. The van der Waals surface area contributed by atoms with E-state index in [9.17, 15) is 14.7 Å². The second-order valence-corrected chi connectivity index (χ2v) is 4.08. The second kappa shape index (κ2) is 6.45. The largest absolute Gasteiger partial charge is 0.507 e. The topological polar surface area (TPSA) is 72.8 Å². The first kappa shape index (κ1) is 15.3. The molecule has 0 saturated carbocycles. The number of aliphatic hydroxyl groups is 1. The summed E-state index contributed by atoms with van der Waals surface area (Å²) in [6.45, 7) is 0. The monoisotopic (exact) mass is 304 g/mol. The van der Waals surface area contributed by atoms with Crippen molar-refractivity contribution in [2.24, 2.45) is 0 Å². The first-order chi connectivity index (χ1) is 8.92. The first-order valence-electron chi connectivity index (χ1n) is 4.97. The van der Waals surface area contributed by atoms with E-state index < -0.39 is 17.5 Å². The summed E-state index contributed by atoms with van der Waals surface area (Å²) in [5.74, 6) is -2.28. The third kappa shape index (κ3) is 3.39. The zero-order chi connectivity index (χ0) is 14.6. The van der Waals surface area contributed by atoms with Gasteiger partial charge in [0.25, 0.3) is 5.78 Å². The Kier molecular flexibility index (Phi) is 5.20. The molecule has 0 aromatic heterocycles. The lowest BCUT2D eigenvalue weighted by molar-refractivity contribution is -0.149. The Bertz CT molecular complexity index is 551. The van der Waals surface area contributed by atoms with Crippen LogP contribution in [0.15, 0.2) is 18.2 Å². The standard InChI is InChI=1S/C12H10Cl2O5/c1-18-9-4-3-6(10(13)11(9)14)7(15)5-8(16)12(17)19-2/h3-5,15H,1-2H3/b7-5-. The molecule has 0 aliphatic heterocycles. The molecular formula is C12H10Cl2O5. The number of rotatable bonds is 4. The summed E-state index contributed by atoms with van der Waals surface area (Å²) in [6, 6.07) is 2.87. The molecule has 7 heteroatoms. The minimum atomic E-state index is -1.10. The number of aliphatic hydroxyl groups excluding tert-OH is 1. The Morgan fingerprint density at radius 3 is 2.37 bits per heavy atom. The van der Waals surface area contributed by atoms with Gasteiger partial charge in [0.1, 0.15) is 16.5 Å². The fourth-order valence-corrected chi connectivity index (χ4v) is 1.74. The van der Waals surface area contributed by atoms with Crippen LogP contribution < -0.4 is 4.74 Å². The molecular weight excluding hydrogens is 295 g/mol.